The number of phosphoric acid groups is 1. The first-order valence-corrected chi connectivity index (χ1v) is 6.27. The Kier molecular flexibility index (Phi) is 3.93. The van der Waals surface area contributed by atoms with Gasteiger partial charge < -0.3 is 4.52 Å². The van der Waals surface area contributed by atoms with Crippen molar-refractivity contribution in [2.45, 2.75) is 3.79 Å². The minimum atomic E-state index is -4.54. The molecule has 0 aliphatic heterocycles. The predicted molar refractivity (Wildman–Crippen MR) is 58.4 cm³/mol. The van der Waals surface area contributed by atoms with E-state index in [9.17, 15) is 4.57 Å². The van der Waals surface area contributed by atoms with Crippen LogP contribution in [-0.4, -0.2) is 9.79 Å². The Hall–Kier alpha value is 0.0400. The molecule has 1 aromatic carbocycles. The second kappa shape index (κ2) is 4.50. The summed E-state index contributed by atoms with van der Waals surface area (Å²) < 4.78 is 13.2. The lowest BCUT2D eigenvalue weighted by molar-refractivity contribution is 0.283. The van der Waals surface area contributed by atoms with Crippen LogP contribution < -0.4 is 4.52 Å². The Morgan fingerprint density at radius 2 is 1.60 bits per heavy atom. The van der Waals surface area contributed by atoms with Crippen LogP contribution in [0.4, 0.5) is 0 Å². The van der Waals surface area contributed by atoms with Crippen LogP contribution in [0.5, 0.6) is 5.75 Å². The van der Waals surface area contributed by atoms with Crippen molar-refractivity contribution >= 4 is 42.6 Å². The first-order valence-electron chi connectivity index (χ1n) is 3.61. The van der Waals surface area contributed by atoms with Crippen molar-refractivity contribution < 1.29 is 18.9 Å². The summed E-state index contributed by atoms with van der Waals surface area (Å²) in [5.41, 5.74) is 0.380. The van der Waals surface area contributed by atoms with Crippen LogP contribution in [0.1, 0.15) is 5.56 Å². The Labute approximate surface area is 101 Å². The molecule has 0 radical (unpaired) electrons. The molecule has 0 unspecified atom stereocenters. The first-order chi connectivity index (χ1) is 6.68. The zero-order valence-corrected chi connectivity index (χ0v) is 10.3. The van der Waals surface area contributed by atoms with Crippen molar-refractivity contribution in [1.29, 1.82) is 0 Å². The summed E-state index contributed by atoms with van der Waals surface area (Å²) in [7, 11) is -4.54. The first kappa shape index (κ1) is 13.1. The number of phosphoric ester groups is 1. The van der Waals surface area contributed by atoms with Gasteiger partial charge in [-0.05, 0) is 12.1 Å². The Morgan fingerprint density at radius 3 is 1.93 bits per heavy atom. The van der Waals surface area contributed by atoms with Crippen molar-refractivity contribution in [1.82, 2.24) is 0 Å². The molecule has 15 heavy (non-hydrogen) atoms. The van der Waals surface area contributed by atoms with Crippen LogP contribution in [0.15, 0.2) is 24.3 Å². The van der Waals surface area contributed by atoms with Gasteiger partial charge in [-0.3, -0.25) is 9.79 Å². The molecule has 0 bridgehead atoms. The van der Waals surface area contributed by atoms with E-state index in [0.29, 0.717) is 5.56 Å². The fraction of sp³-hybridized carbons (Fsp3) is 0.143. The third-order valence-electron chi connectivity index (χ3n) is 1.41. The van der Waals surface area contributed by atoms with Crippen LogP contribution in [0.25, 0.3) is 0 Å². The molecule has 0 spiro atoms. The fourth-order valence-corrected chi connectivity index (χ4v) is 1.62. The highest BCUT2D eigenvalue weighted by Gasteiger charge is 2.23. The van der Waals surface area contributed by atoms with E-state index in [-0.39, 0.29) is 5.75 Å². The van der Waals surface area contributed by atoms with E-state index in [2.05, 4.69) is 4.52 Å². The second-order valence-corrected chi connectivity index (χ2v) is 6.05. The average molecular weight is 291 g/mol. The van der Waals surface area contributed by atoms with Gasteiger partial charge in [-0.15, -0.1) is 0 Å². The van der Waals surface area contributed by atoms with E-state index in [1.54, 1.807) is 0 Å². The smallest absolute Gasteiger partial charge is 0.404 e. The molecule has 0 amide bonds. The molecule has 2 N–H and O–H groups in total. The Morgan fingerprint density at radius 1 is 1.13 bits per heavy atom. The molecule has 0 fully saturated rings. The summed E-state index contributed by atoms with van der Waals surface area (Å²) in [6, 6.07) is 5.41. The van der Waals surface area contributed by atoms with Gasteiger partial charge in [0.2, 0.25) is 3.79 Å². The van der Waals surface area contributed by atoms with Crippen molar-refractivity contribution in [3.63, 3.8) is 0 Å². The van der Waals surface area contributed by atoms with Gasteiger partial charge in [0.25, 0.3) is 0 Å². The van der Waals surface area contributed by atoms with Gasteiger partial charge in [0.05, 0.1) is 0 Å². The van der Waals surface area contributed by atoms with E-state index in [1.807, 2.05) is 0 Å². The molecule has 0 aliphatic carbocycles. The van der Waals surface area contributed by atoms with Crippen LogP contribution in [0.2, 0.25) is 0 Å². The molecule has 4 nitrogen and oxygen atoms in total. The minimum absolute atomic E-state index is 0.00123. The third kappa shape index (κ3) is 4.60. The number of halogens is 3. The highest BCUT2D eigenvalue weighted by Crippen LogP contribution is 2.41. The van der Waals surface area contributed by atoms with Gasteiger partial charge in [-0.1, -0.05) is 46.9 Å². The zero-order valence-electron chi connectivity index (χ0n) is 7.10. The zero-order chi connectivity index (χ0) is 11.7. The number of benzene rings is 1. The number of hydrogen-bond acceptors (Lipinski definition) is 2. The monoisotopic (exact) mass is 290 g/mol. The maximum absolute atomic E-state index is 10.5. The lowest BCUT2D eigenvalue weighted by atomic mass is 10.2. The lowest BCUT2D eigenvalue weighted by Gasteiger charge is -2.12. The molecule has 0 atom stereocenters. The Balaban J connectivity index is 2.87. The summed E-state index contributed by atoms with van der Waals surface area (Å²) in [5, 5.41) is 0. The molecule has 1 rings (SSSR count). The molecule has 0 heterocycles. The molecule has 0 saturated heterocycles. The molecule has 8 heteroatoms. The normalized spacial score (nSPS) is 12.6. The van der Waals surface area contributed by atoms with E-state index in [4.69, 9.17) is 44.6 Å². The molecular weight excluding hydrogens is 285 g/mol. The van der Waals surface area contributed by atoms with Crippen LogP contribution in [-0.2, 0) is 8.36 Å². The summed E-state index contributed by atoms with van der Waals surface area (Å²) in [4.78, 5) is 17.0. The quantitative estimate of drug-likeness (QED) is 0.649. The van der Waals surface area contributed by atoms with Gasteiger partial charge in [0.15, 0.2) is 0 Å². The van der Waals surface area contributed by atoms with Crippen LogP contribution >= 0.6 is 42.6 Å². The third-order valence-corrected chi connectivity index (χ3v) is 2.51. The molecule has 84 valence electrons. The molecule has 0 aliphatic rings. The average Bonchev–Trinajstić information content (AvgIpc) is 2.00. The van der Waals surface area contributed by atoms with Crippen molar-refractivity contribution in [3.05, 3.63) is 29.8 Å². The standard InChI is InChI=1S/C7H6Cl3O4P/c8-7(9,10)5-1-3-6(4-2-5)14-15(11,12)13/h1-4H,(H2,11,12,13). The van der Waals surface area contributed by atoms with Gasteiger partial charge in [0, 0.05) is 5.56 Å². The largest absolute Gasteiger partial charge is 0.524 e. The Bertz CT molecular complexity index is 380. The van der Waals surface area contributed by atoms with Crippen molar-refractivity contribution in [3.8, 4) is 5.75 Å². The van der Waals surface area contributed by atoms with Gasteiger partial charge in [-0.25, -0.2) is 4.57 Å². The van der Waals surface area contributed by atoms with Crippen molar-refractivity contribution in [2.24, 2.45) is 0 Å². The number of hydrogen-bond donors (Lipinski definition) is 2. The van der Waals surface area contributed by atoms with E-state index in [1.165, 1.54) is 24.3 Å². The number of rotatable bonds is 2. The maximum Gasteiger partial charge on any atom is 0.524 e. The van der Waals surface area contributed by atoms with Crippen LogP contribution in [0.3, 0.4) is 0 Å². The van der Waals surface area contributed by atoms with Gasteiger partial charge in [0.1, 0.15) is 5.75 Å². The minimum Gasteiger partial charge on any atom is -0.404 e. The summed E-state index contributed by atoms with van der Waals surface area (Å²) in [6.45, 7) is 0. The summed E-state index contributed by atoms with van der Waals surface area (Å²) >= 11 is 16.7. The molecule has 1 aromatic rings. The highest BCUT2D eigenvalue weighted by atomic mass is 35.6. The maximum atomic E-state index is 10.5. The molecule has 0 aromatic heterocycles. The van der Waals surface area contributed by atoms with Gasteiger partial charge in [-0.2, -0.15) is 0 Å². The summed E-state index contributed by atoms with van der Waals surface area (Å²) in [5.74, 6) is 0.00123. The second-order valence-electron chi connectivity index (χ2n) is 2.60. The van der Waals surface area contributed by atoms with Gasteiger partial charge >= 0.3 is 7.82 Å². The molecule has 0 saturated carbocycles. The summed E-state index contributed by atoms with van der Waals surface area (Å²) in [6.07, 6.45) is 0. The number of alkyl halides is 3. The van der Waals surface area contributed by atoms with Crippen LogP contribution in [0, 0.1) is 0 Å². The SMILES string of the molecule is O=P(O)(O)Oc1ccc(C(Cl)(Cl)Cl)cc1. The fourth-order valence-electron chi connectivity index (χ4n) is 0.842. The predicted octanol–water partition coefficient (Wildman–Crippen LogP) is 2.98. The molecular formula is C7H6Cl3O4P. The van der Waals surface area contributed by atoms with E-state index >= 15 is 0 Å². The topological polar surface area (TPSA) is 66.8 Å². The van der Waals surface area contributed by atoms with E-state index < -0.39 is 11.6 Å². The highest BCUT2D eigenvalue weighted by molar-refractivity contribution is 7.46. The van der Waals surface area contributed by atoms with E-state index in [0.717, 1.165) is 0 Å². The lowest BCUT2D eigenvalue weighted by Crippen LogP contribution is -1.99. The van der Waals surface area contributed by atoms with Crippen molar-refractivity contribution in [2.75, 3.05) is 0 Å².